The van der Waals surface area contributed by atoms with Gasteiger partial charge in [-0.05, 0) is 18.9 Å². The molecule has 5 nitrogen and oxygen atoms in total. The maximum absolute atomic E-state index is 12.2. The molecule has 1 amide bonds. The van der Waals surface area contributed by atoms with Crippen LogP contribution in [0.1, 0.15) is 18.9 Å². The van der Waals surface area contributed by atoms with Crippen LogP contribution in [0.4, 0.5) is 0 Å². The Kier molecular flexibility index (Phi) is 5.08. The fourth-order valence-corrected chi connectivity index (χ4v) is 3.27. The molecule has 2 fully saturated rings. The van der Waals surface area contributed by atoms with Gasteiger partial charge in [-0.3, -0.25) is 9.69 Å². The highest BCUT2D eigenvalue weighted by Gasteiger charge is 2.32. The summed E-state index contributed by atoms with van der Waals surface area (Å²) in [5, 5.41) is 6.34. The number of morpholine rings is 1. The van der Waals surface area contributed by atoms with Gasteiger partial charge in [0.1, 0.15) is 6.10 Å². The summed E-state index contributed by atoms with van der Waals surface area (Å²) in [6.45, 7) is 6.13. The third-order valence-electron chi connectivity index (χ3n) is 4.50. The molecule has 1 aromatic carbocycles. The van der Waals surface area contributed by atoms with Gasteiger partial charge in [-0.15, -0.1) is 0 Å². The van der Waals surface area contributed by atoms with Crippen LogP contribution < -0.4 is 10.6 Å². The molecule has 2 N–H and O–H groups in total. The molecular weight excluding hydrogens is 278 g/mol. The number of rotatable bonds is 4. The normalized spacial score (nSPS) is 29.4. The molecule has 2 heterocycles. The number of carbonyl (C=O) groups is 1. The van der Waals surface area contributed by atoms with E-state index in [4.69, 9.17) is 4.74 Å². The SMILES string of the molecule is CC1CC(NC(=O)C2CNCCO2)CN1Cc1ccccc1. The number of benzene rings is 1. The molecular formula is C17H25N3O2. The maximum atomic E-state index is 12.2. The summed E-state index contributed by atoms with van der Waals surface area (Å²) in [5.74, 6) is 0.0194. The van der Waals surface area contributed by atoms with E-state index in [0.717, 1.165) is 26.1 Å². The standard InChI is InChI=1S/C17H25N3O2/c1-13-9-15(19-17(21)16-10-18-7-8-22-16)12-20(13)11-14-5-3-2-4-6-14/h2-6,13,15-16,18H,7-12H2,1H3,(H,19,21). The van der Waals surface area contributed by atoms with Gasteiger partial charge in [0.25, 0.3) is 5.91 Å². The molecule has 3 unspecified atom stereocenters. The molecule has 0 spiro atoms. The van der Waals surface area contributed by atoms with Crippen molar-refractivity contribution < 1.29 is 9.53 Å². The number of nitrogens with zero attached hydrogens (tertiary/aromatic N) is 1. The van der Waals surface area contributed by atoms with Crippen molar-refractivity contribution in [2.24, 2.45) is 0 Å². The first kappa shape index (κ1) is 15.5. The van der Waals surface area contributed by atoms with Crippen molar-refractivity contribution in [3.63, 3.8) is 0 Å². The fraction of sp³-hybridized carbons (Fsp3) is 0.588. The summed E-state index contributed by atoms with van der Waals surface area (Å²) < 4.78 is 5.51. The Morgan fingerprint density at radius 2 is 2.23 bits per heavy atom. The second-order valence-corrected chi connectivity index (χ2v) is 6.27. The van der Waals surface area contributed by atoms with Crippen LogP contribution in [-0.4, -0.2) is 55.2 Å². The number of hydrogen-bond acceptors (Lipinski definition) is 4. The molecule has 2 saturated heterocycles. The quantitative estimate of drug-likeness (QED) is 0.862. The minimum Gasteiger partial charge on any atom is -0.366 e. The van der Waals surface area contributed by atoms with Crippen molar-refractivity contribution in [3.8, 4) is 0 Å². The van der Waals surface area contributed by atoms with Gasteiger partial charge in [0.15, 0.2) is 0 Å². The molecule has 3 atom stereocenters. The first-order valence-corrected chi connectivity index (χ1v) is 8.13. The lowest BCUT2D eigenvalue weighted by atomic mass is 10.1. The van der Waals surface area contributed by atoms with E-state index in [1.165, 1.54) is 5.56 Å². The van der Waals surface area contributed by atoms with E-state index in [-0.39, 0.29) is 18.1 Å². The summed E-state index contributed by atoms with van der Waals surface area (Å²) in [7, 11) is 0. The van der Waals surface area contributed by atoms with E-state index in [9.17, 15) is 4.79 Å². The van der Waals surface area contributed by atoms with Gasteiger partial charge in [-0.25, -0.2) is 0 Å². The number of amides is 1. The predicted molar refractivity (Wildman–Crippen MR) is 85.5 cm³/mol. The lowest BCUT2D eigenvalue weighted by Gasteiger charge is -2.24. The van der Waals surface area contributed by atoms with E-state index in [1.807, 2.05) is 6.07 Å². The van der Waals surface area contributed by atoms with Crippen LogP contribution in [0.25, 0.3) is 0 Å². The Morgan fingerprint density at radius 3 is 2.95 bits per heavy atom. The molecule has 5 heteroatoms. The van der Waals surface area contributed by atoms with Crippen LogP contribution in [0.15, 0.2) is 30.3 Å². The van der Waals surface area contributed by atoms with Crippen LogP contribution in [0.3, 0.4) is 0 Å². The fourth-order valence-electron chi connectivity index (χ4n) is 3.27. The molecule has 3 rings (SSSR count). The Labute approximate surface area is 132 Å². The molecule has 2 aliphatic rings. The van der Waals surface area contributed by atoms with E-state index >= 15 is 0 Å². The Balaban J connectivity index is 1.51. The zero-order valence-electron chi connectivity index (χ0n) is 13.1. The van der Waals surface area contributed by atoms with Crippen LogP contribution >= 0.6 is 0 Å². The van der Waals surface area contributed by atoms with E-state index in [0.29, 0.717) is 19.2 Å². The second kappa shape index (κ2) is 7.22. The molecule has 0 bridgehead atoms. The zero-order valence-corrected chi connectivity index (χ0v) is 13.1. The van der Waals surface area contributed by atoms with Gasteiger partial charge in [0.2, 0.25) is 0 Å². The van der Waals surface area contributed by atoms with Crippen molar-refractivity contribution in [3.05, 3.63) is 35.9 Å². The molecule has 120 valence electrons. The summed E-state index contributed by atoms with van der Waals surface area (Å²) in [6.07, 6.45) is 0.658. The summed E-state index contributed by atoms with van der Waals surface area (Å²) in [4.78, 5) is 14.7. The molecule has 0 radical (unpaired) electrons. The molecule has 0 aromatic heterocycles. The average molecular weight is 303 g/mol. The van der Waals surface area contributed by atoms with Gasteiger partial charge >= 0.3 is 0 Å². The molecule has 1 aromatic rings. The van der Waals surface area contributed by atoms with Crippen molar-refractivity contribution in [2.75, 3.05) is 26.2 Å². The summed E-state index contributed by atoms with van der Waals surface area (Å²) in [6, 6.07) is 11.2. The highest BCUT2D eigenvalue weighted by Crippen LogP contribution is 2.20. The number of ether oxygens (including phenoxy) is 1. The van der Waals surface area contributed by atoms with Crippen molar-refractivity contribution in [1.82, 2.24) is 15.5 Å². The third-order valence-corrected chi connectivity index (χ3v) is 4.50. The van der Waals surface area contributed by atoms with Crippen molar-refractivity contribution in [1.29, 1.82) is 0 Å². The van der Waals surface area contributed by atoms with Crippen LogP contribution in [0.5, 0.6) is 0 Å². The highest BCUT2D eigenvalue weighted by atomic mass is 16.5. The van der Waals surface area contributed by atoms with Gasteiger partial charge < -0.3 is 15.4 Å². The lowest BCUT2D eigenvalue weighted by Crippen LogP contribution is -2.50. The predicted octanol–water partition coefficient (Wildman–Crippen LogP) is 0.754. The van der Waals surface area contributed by atoms with Gasteiger partial charge in [-0.2, -0.15) is 0 Å². The van der Waals surface area contributed by atoms with Gasteiger partial charge in [0, 0.05) is 38.3 Å². The monoisotopic (exact) mass is 303 g/mol. The summed E-state index contributed by atoms with van der Waals surface area (Å²) >= 11 is 0. The van der Waals surface area contributed by atoms with Crippen LogP contribution in [-0.2, 0) is 16.1 Å². The van der Waals surface area contributed by atoms with Crippen molar-refractivity contribution >= 4 is 5.91 Å². The maximum Gasteiger partial charge on any atom is 0.250 e. The van der Waals surface area contributed by atoms with Crippen LogP contribution in [0, 0.1) is 0 Å². The summed E-state index contributed by atoms with van der Waals surface area (Å²) in [5.41, 5.74) is 1.32. The Morgan fingerprint density at radius 1 is 1.41 bits per heavy atom. The topological polar surface area (TPSA) is 53.6 Å². The van der Waals surface area contributed by atoms with E-state index < -0.39 is 0 Å². The second-order valence-electron chi connectivity index (χ2n) is 6.27. The average Bonchev–Trinajstić information content (AvgIpc) is 2.88. The third kappa shape index (κ3) is 3.85. The zero-order chi connectivity index (χ0) is 15.4. The van der Waals surface area contributed by atoms with Crippen LogP contribution in [0.2, 0.25) is 0 Å². The molecule has 0 saturated carbocycles. The molecule has 22 heavy (non-hydrogen) atoms. The van der Waals surface area contributed by atoms with Gasteiger partial charge in [0.05, 0.1) is 6.61 Å². The van der Waals surface area contributed by atoms with E-state index in [2.05, 4.69) is 46.7 Å². The van der Waals surface area contributed by atoms with Crippen molar-refractivity contribution in [2.45, 2.75) is 38.1 Å². The minimum absolute atomic E-state index is 0.0194. The number of carbonyl (C=O) groups excluding carboxylic acids is 1. The Bertz CT molecular complexity index is 488. The lowest BCUT2D eigenvalue weighted by molar-refractivity contribution is -0.134. The van der Waals surface area contributed by atoms with E-state index in [1.54, 1.807) is 0 Å². The highest BCUT2D eigenvalue weighted by molar-refractivity contribution is 5.81. The first-order valence-electron chi connectivity index (χ1n) is 8.13. The molecule has 0 aliphatic carbocycles. The Hall–Kier alpha value is -1.43. The number of likely N-dealkylation sites (tertiary alicyclic amines) is 1. The minimum atomic E-state index is -0.341. The van der Waals surface area contributed by atoms with Gasteiger partial charge in [-0.1, -0.05) is 30.3 Å². The number of nitrogens with one attached hydrogen (secondary N) is 2. The first-order chi connectivity index (χ1) is 10.7. The smallest absolute Gasteiger partial charge is 0.250 e. The molecule has 2 aliphatic heterocycles. The largest absolute Gasteiger partial charge is 0.366 e. The number of hydrogen-bond donors (Lipinski definition) is 2.